The Labute approximate surface area is 213 Å². The Hall–Kier alpha value is -3.86. The lowest BCUT2D eigenvalue weighted by Crippen LogP contribution is -2.30. The first-order valence-electron chi connectivity index (χ1n) is 12.3. The summed E-state index contributed by atoms with van der Waals surface area (Å²) in [6.45, 7) is 8.19. The number of aryl methyl sites for hydroxylation is 2. The van der Waals surface area contributed by atoms with Crippen molar-refractivity contribution in [2.75, 3.05) is 0 Å². The summed E-state index contributed by atoms with van der Waals surface area (Å²) >= 11 is 0. The molecule has 186 valence electrons. The van der Waals surface area contributed by atoms with Crippen LogP contribution in [0.5, 0.6) is 5.75 Å². The first kappa shape index (κ1) is 25.2. The van der Waals surface area contributed by atoms with Gasteiger partial charge in [-0.05, 0) is 62.9 Å². The summed E-state index contributed by atoms with van der Waals surface area (Å²) in [6.07, 6.45) is 0.756. The van der Waals surface area contributed by atoms with Gasteiger partial charge in [0.25, 0.3) is 5.91 Å². The Morgan fingerprint density at radius 1 is 0.944 bits per heavy atom. The van der Waals surface area contributed by atoms with Crippen LogP contribution in [0.2, 0.25) is 0 Å². The number of rotatable bonds is 8. The van der Waals surface area contributed by atoms with Crippen molar-refractivity contribution in [1.82, 2.24) is 4.90 Å². The maximum Gasteiger partial charge on any atom is 0.290 e. The maximum absolute atomic E-state index is 13.4. The van der Waals surface area contributed by atoms with Gasteiger partial charge in [0, 0.05) is 13.0 Å². The Morgan fingerprint density at radius 3 is 2.28 bits per heavy atom. The van der Waals surface area contributed by atoms with Crippen molar-refractivity contribution in [2.24, 2.45) is 0 Å². The highest BCUT2D eigenvalue weighted by molar-refractivity contribution is 6.09. The van der Waals surface area contributed by atoms with E-state index in [1.54, 1.807) is 4.90 Å². The molecule has 0 aliphatic carbocycles. The van der Waals surface area contributed by atoms with E-state index in [4.69, 9.17) is 4.74 Å². The minimum atomic E-state index is -0.647. The van der Waals surface area contributed by atoms with E-state index in [-0.39, 0.29) is 29.9 Å². The molecule has 3 aromatic rings. The highest BCUT2D eigenvalue weighted by Gasteiger charge is 2.43. The van der Waals surface area contributed by atoms with E-state index in [0.717, 1.165) is 28.0 Å². The van der Waals surface area contributed by atoms with Crippen molar-refractivity contribution in [1.29, 1.82) is 0 Å². The number of ketones is 1. The summed E-state index contributed by atoms with van der Waals surface area (Å²) in [5.74, 6) is -0.452. The average Bonchev–Trinajstić information content (AvgIpc) is 3.08. The smallest absolute Gasteiger partial charge is 0.290 e. The van der Waals surface area contributed by atoms with Crippen LogP contribution < -0.4 is 4.74 Å². The zero-order chi connectivity index (χ0) is 25.9. The molecule has 1 aliphatic heterocycles. The molecule has 1 amide bonds. The van der Waals surface area contributed by atoms with E-state index in [0.29, 0.717) is 6.42 Å². The van der Waals surface area contributed by atoms with Gasteiger partial charge in [0.05, 0.1) is 11.6 Å². The monoisotopic (exact) mass is 483 g/mol. The van der Waals surface area contributed by atoms with Gasteiger partial charge in [-0.1, -0.05) is 72.3 Å². The van der Waals surface area contributed by atoms with Gasteiger partial charge in [-0.2, -0.15) is 0 Å². The van der Waals surface area contributed by atoms with E-state index in [2.05, 4.69) is 0 Å². The number of benzene rings is 3. The average molecular weight is 484 g/mol. The predicted octanol–water partition coefficient (Wildman–Crippen LogP) is 6.27. The molecule has 4 rings (SSSR count). The molecular formula is C31H33NO4. The lowest BCUT2D eigenvalue weighted by Gasteiger charge is -2.27. The molecule has 0 bridgehead atoms. The molecular weight excluding hydrogens is 450 g/mol. The second-order valence-electron chi connectivity index (χ2n) is 10.3. The third kappa shape index (κ3) is 5.85. The quantitative estimate of drug-likeness (QED) is 0.410. The van der Waals surface area contributed by atoms with Gasteiger partial charge in [0.1, 0.15) is 11.4 Å². The molecule has 0 fully saturated rings. The van der Waals surface area contributed by atoms with Gasteiger partial charge in [-0.15, -0.1) is 0 Å². The third-order valence-corrected chi connectivity index (χ3v) is 6.15. The number of aliphatic hydroxyl groups excluding tert-OH is 1. The van der Waals surface area contributed by atoms with Gasteiger partial charge < -0.3 is 14.7 Å². The van der Waals surface area contributed by atoms with E-state index in [1.165, 1.54) is 0 Å². The van der Waals surface area contributed by atoms with Crippen molar-refractivity contribution in [2.45, 2.75) is 58.7 Å². The number of nitrogens with zero attached hydrogens (tertiary/aromatic N) is 1. The van der Waals surface area contributed by atoms with Crippen LogP contribution in [0.25, 0.3) is 0 Å². The first-order chi connectivity index (χ1) is 17.1. The summed E-state index contributed by atoms with van der Waals surface area (Å²) in [7, 11) is 0. The van der Waals surface area contributed by atoms with Crippen LogP contribution in [0.1, 0.15) is 55.5 Å². The van der Waals surface area contributed by atoms with E-state index in [1.807, 2.05) is 107 Å². The topological polar surface area (TPSA) is 66.8 Å². The molecule has 0 radical (unpaired) electrons. The van der Waals surface area contributed by atoms with Gasteiger partial charge in [-0.3, -0.25) is 9.59 Å². The maximum atomic E-state index is 13.4. The minimum absolute atomic E-state index is 0.175. The van der Waals surface area contributed by atoms with Crippen LogP contribution >= 0.6 is 0 Å². The molecule has 5 heteroatoms. The first-order valence-corrected chi connectivity index (χ1v) is 12.3. The number of ether oxygens (including phenoxy) is 1. The molecule has 1 aliphatic rings. The van der Waals surface area contributed by atoms with Crippen LogP contribution in [0.4, 0.5) is 0 Å². The molecule has 3 aromatic carbocycles. The van der Waals surface area contributed by atoms with Gasteiger partial charge in [-0.25, -0.2) is 0 Å². The number of hydrogen-bond acceptors (Lipinski definition) is 4. The lowest BCUT2D eigenvalue weighted by molar-refractivity contribution is -0.130. The normalized spacial score (nSPS) is 15.9. The van der Waals surface area contributed by atoms with Crippen LogP contribution in [0.15, 0.2) is 90.2 Å². The van der Waals surface area contributed by atoms with Gasteiger partial charge >= 0.3 is 0 Å². The Balaban J connectivity index is 1.62. The van der Waals surface area contributed by atoms with Crippen molar-refractivity contribution in [3.8, 4) is 5.75 Å². The van der Waals surface area contributed by atoms with Crippen molar-refractivity contribution >= 4 is 11.7 Å². The summed E-state index contributed by atoms with van der Waals surface area (Å²) in [5, 5.41) is 10.9. The molecule has 0 spiro atoms. The standard InChI is InChI=1S/C31H33NO4/c1-21-9-8-12-24(19-21)28-27(26(33)18-15-22-10-6-5-7-11-22)29(34)30(35)32(28)20-23-13-16-25(17-14-23)36-31(2,3)4/h5-14,16-17,19,28,34H,15,18,20H2,1-4H3. The van der Waals surface area contributed by atoms with Crippen molar-refractivity contribution < 1.29 is 19.4 Å². The largest absolute Gasteiger partial charge is 0.503 e. The highest BCUT2D eigenvalue weighted by Crippen LogP contribution is 2.39. The zero-order valence-electron chi connectivity index (χ0n) is 21.3. The second-order valence-corrected chi connectivity index (χ2v) is 10.3. The van der Waals surface area contributed by atoms with Crippen LogP contribution in [-0.2, 0) is 22.6 Å². The molecule has 36 heavy (non-hydrogen) atoms. The molecule has 1 atom stereocenters. The molecule has 0 saturated carbocycles. The summed E-state index contributed by atoms with van der Waals surface area (Å²) in [4.78, 5) is 28.3. The molecule has 0 saturated heterocycles. The second kappa shape index (κ2) is 10.4. The summed E-state index contributed by atoms with van der Waals surface area (Å²) in [6, 6.07) is 24.4. The number of hydrogen-bond donors (Lipinski definition) is 1. The number of amides is 1. The predicted molar refractivity (Wildman–Crippen MR) is 141 cm³/mol. The highest BCUT2D eigenvalue weighted by atomic mass is 16.5. The molecule has 0 aromatic heterocycles. The number of carbonyl (C=O) groups is 2. The SMILES string of the molecule is Cc1cccc(C2C(C(=O)CCc3ccccc3)=C(O)C(=O)N2Cc2ccc(OC(C)(C)C)cc2)c1. The van der Waals surface area contributed by atoms with Crippen LogP contribution in [-0.4, -0.2) is 27.3 Å². The van der Waals surface area contributed by atoms with Gasteiger partial charge in [0.2, 0.25) is 0 Å². The van der Waals surface area contributed by atoms with E-state index in [9.17, 15) is 14.7 Å². The van der Waals surface area contributed by atoms with Crippen molar-refractivity contribution in [3.05, 3.63) is 112 Å². The van der Waals surface area contributed by atoms with Crippen molar-refractivity contribution in [3.63, 3.8) is 0 Å². The summed E-state index contributed by atoms with van der Waals surface area (Å²) in [5.41, 5.74) is 3.61. The fraction of sp³-hybridized carbons (Fsp3) is 0.290. The lowest BCUT2D eigenvalue weighted by atomic mass is 9.92. The fourth-order valence-electron chi connectivity index (χ4n) is 4.54. The number of Topliss-reactive ketones (excluding diaryl/α,β-unsaturated/α-hetero) is 1. The van der Waals surface area contributed by atoms with Gasteiger partial charge in [0.15, 0.2) is 11.5 Å². The van der Waals surface area contributed by atoms with Crippen LogP contribution in [0.3, 0.4) is 0 Å². The third-order valence-electron chi connectivity index (χ3n) is 6.15. The van der Waals surface area contributed by atoms with E-state index >= 15 is 0 Å². The number of aliphatic hydroxyl groups is 1. The number of carbonyl (C=O) groups excluding carboxylic acids is 2. The molecule has 5 nitrogen and oxygen atoms in total. The molecule has 1 heterocycles. The van der Waals surface area contributed by atoms with Crippen LogP contribution in [0, 0.1) is 6.92 Å². The Kier molecular flexibility index (Phi) is 7.30. The Bertz CT molecular complexity index is 1270. The molecule has 1 unspecified atom stereocenters. The fourth-order valence-corrected chi connectivity index (χ4v) is 4.54. The summed E-state index contributed by atoms with van der Waals surface area (Å²) < 4.78 is 5.91. The molecule has 1 N–H and O–H groups in total. The minimum Gasteiger partial charge on any atom is -0.503 e. The Morgan fingerprint density at radius 2 is 1.64 bits per heavy atom. The van der Waals surface area contributed by atoms with E-state index < -0.39 is 17.7 Å². The zero-order valence-corrected chi connectivity index (χ0v) is 21.3.